The highest BCUT2D eigenvalue weighted by Gasteiger charge is 2.33. The van der Waals surface area contributed by atoms with E-state index in [1.165, 1.54) is 6.33 Å². The molecule has 2 aromatic carbocycles. The normalized spacial score (nSPS) is 15.3. The first-order chi connectivity index (χ1) is 14.7. The van der Waals surface area contributed by atoms with Gasteiger partial charge >= 0.3 is 0 Å². The van der Waals surface area contributed by atoms with Gasteiger partial charge in [-0.1, -0.05) is 43.7 Å². The lowest BCUT2D eigenvalue weighted by molar-refractivity contribution is -0.113. The summed E-state index contributed by atoms with van der Waals surface area (Å²) >= 11 is 0. The van der Waals surface area contributed by atoms with E-state index in [1.54, 1.807) is 4.68 Å². The molecule has 0 radical (unpaired) electrons. The second kappa shape index (κ2) is 8.82. The molecule has 1 aliphatic rings. The molecule has 7 nitrogen and oxygen atoms in total. The third kappa shape index (κ3) is 4.05. The van der Waals surface area contributed by atoms with Crippen molar-refractivity contribution < 1.29 is 9.53 Å². The molecule has 1 unspecified atom stereocenters. The molecular weight excluding hydrogens is 378 g/mol. The van der Waals surface area contributed by atoms with Gasteiger partial charge in [-0.15, -0.1) is 0 Å². The number of unbranched alkanes of at least 4 members (excludes halogenated alkanes) is 1. The van der Waals surface area contributed by atoms with E-state index in [0.29, 0.717) is 18.1 Å². The highest BCUT2D eigenvalue weighted by atomic mass is 16.5. The summed E-state index contributed by atoms with van der Waals surface area (Å²) in [7, 11) is 0. The number of nitrogens with zero attached hydrogens (tertiary/aromatic N) is 3. The van der Waals surface area contributed by atoms with Crippen LogP contribution in [0.2, 0.25) is 0 Å². The number of para-hydroxylation sites is 1. The molecule has 30 heavy (non-hydrogen) atoms. The van der Waals surface area contributed by atoms with Crippen LogP contribution >= 0.6 is 0 Å². The zero-order valence-corrected chi connectivity index (χ0v) is 17.1. The SMILES string of the molecule is CCCCOc1ccc(C2C(C(=O)Nc3ccccc3)=C(C)Nc3ncnn32)cc1. The molecule has 154 valence electrons. The standard InChI is InChI=1S/C23H25N5O2/c1-3-4-14-30-19-12-10-17(11-13-19)21-20(16(2)26-23-24-15-25-28(21)23)22(29)27-18-8-6-5-7-9-18/h5-13,15,21H,3-4,14H2,1-2H3,(H,27,29)(H,24,25,26). The van der Waals surface area contributed by atoms with Crippen molar-refractivity contribution in [3.05, 3.63) is 77.8 Å². The number of allylic oxidation sites excluding steroid dienone is 1. The van der Waals surface area contributed by atoms with Gasteiger partial charge in [-0.05, 0) is 43.2 Å². The fraction of sp³-hybridized carbons (Fsp3) is 0.261. The van der Waals surface area contributed by atoms with Crippen LogP contribution in [0.5, 0.6) is 5.75 Å². The van der Waals surface area contributed by atoms with Crippen LogP contribution in [0.4, 0.5) is 11.6 Å². The van der Waals surface area contributed by atoms with E-state index in [-0.39, 0.29) is 5.91 Å². The number of benzene rings is 2. The number of hydrogen-bond donors (Lipinski definition) is 2. The monoisotopic (exact) mass is 403 g/mol. The van der Waals surface area contributed by atoms with Crippen LogP contribution in [0, 0.1) is 0 Å². The van der Waals surface area contributed by atoms with Gasteiger partial charge in [0.25, 0.3) is 5.91 Å². The Morgan fingerprint density at radius 3 is 2.67 bits per heavy atom. The highest BCUT2D eigenvalue weighted by Crippen LogP contribution is 2.35. The Balaban J connectivity index is 1.65. The van der Waals surface area contributed by atoms with Gasteiger partial charge in [0, 0.05) is 11.4 Å². The largest absolute Gasteiger partial charge is 0.494 e. The minimum Gasteiger partial charge on any atom is -0.494 e. The van der Waals surface area contributed by atoms with Crippen LogP contribution in [0.1, 0.15) is 38.3 Å². The number of ether oxygens (including phenoxy) is 1. The van der Waals surface area contributed by atoms with Gasteiger partial charge in [0.05, 0.1) is 12.2 Å². The summed E-state index contributed by atoms with van der Waals surface area (Å²) in [5.74, 6) is 1.24. The van der Waals surface area contributed by atoms with Gasteiger partial charge in [0.2, 0.25) is 5.95 Å². The number of rotatable bonds is 7. The number of fused-ring (bicyclic) bond motifs is 1. The molecule has 0 saturated carbocycles. The number of nitrogens with one attached hydrogen (secondary N) is 2. The molecular formula is C23H25N5O2. The summed E-state index contributed by atoms with van der Waals surface area (Å²) in [6.45, 7) is 4.71. The van der Waals surface area contributed by atoms with Crippen LogP contribution in [0.15, 0.2) is 72.2 Å². The van der Waals surface area contributed by atoms with E-state index < -0.39 is 6.04 Å². The first kappa shape index (κ1) is 19.7. The molecule has 3 aromatic rings. The number of carbonyl (C=O) groups excluding carboxylic acids is 1. The van der Waals surface area contributed by atoms with E-state index in [2.05, 4.69) is 27.6 Å². The van der Waals surface area contributed by atoms with Gasteiger partial charge in [0.1, 0.15) is 18.1 Å². The average Bonchev–Trinajstić information content (AvgIpc) is 3.22. The maximum Gasteiger partial charge on any atom is 0.255 e. The van der Waals surface area contributed by atoms with Crippen molar-refractivity contribution in [3.63, 3.8) is 0 Å². The number of carbonyl (C=O) groups is 1. The van der Waals surface area contributed by atoms with E-state index in [0.717, 1.165) is 35.5 Å². The second-order valence-electron chi connectivity index (χ2n) is 7.19. The Kier molecular flexibility index (Phi) is 5.79. The predicted molar refractivity (Wildman–Crippen MR) is 116 cm³/mol. The van der Waals surface area contributed by atoms with Crippen molar-refractivity contribution in [1.29, 1.82) is 0 Å². The van der Waals surface area contributed by atoms with Crippen molar-refractivity contribution in [1.82, 2.24) is 14.8 Å². The van der Waals surface area contributed by atoms with E-state index >= 15 is 0 Å². The average molecular weight is 403 g/mol. The Morgan fingerprint density at radius 2 is 1.93 bits per heavy atom. The second-order valence-corrected chi connectivity index (χ2v) is 7.19. The third-order valence-electron chi connectivity index (χ3n) is 5.03. The molecule has 4 rings (SSSR count). The molecule has 2 N–H and O–H groups in total. The van der Waals surface area contributed by atoms with Crippen molar-refractivity contribution in [3.8, 4) is 5.75 Å². The Morgan fingerprint density at radius 1 is 1.17 bits per heavy atom. The van der Waals surface area contributed by atoms with Crippen LogP contribution < -0.4 is 15.4 Å². The zero-order valence-electron chi connectivity index (χ0n) is 17.1. The lowest BCUT2D eigenvalue weighted by Gasteiger charge is -2.28. The Labute approximate surface area is 175 Å². The van der Waals surface area contributed by atoms with Crippen LogP contribution in [0.3, 0.4) is 0 Å². The van der Waals surface area contributed by atoms with Gasteiger partial charge in [-0.3, -0.25) is 4.79 Å². The first-order valence-corrected chi connectivity index (χ1v) is 10.1. The zero-order chi connectivity index (χ0) is 20.9. The fourth-order valence-electron chi connectivity index (χ4n) is 3.49. The number of anilines is 2. The van der Waals surface area contributed by atoms with Crippen molar-refractivity contribution in [2.24, 2.45) is 0 Å². The molecule has 0 saturated heterocycles. The molecule has 1 aromatic heterocycles. The summed E-state index contributed by atoms with van der Waals surface area (Å²) in [5.41, 5.74) is 3.02. The lowest BCUT2D eigenvalue weighted by atomic mass is 9.95. The van der Waals surface area contributed by atoms with Crippen molar-refractivity contribution >= 4 is 17.5 Å². The third-order valence-corrected chi connectivity index (χ3v) is 5.03. The number of hydrogen-bond acceptors (Lipinski definition) is 5. The molecule has 2 heterocycles. The molecule has 0 spiro atoms. The molecule has 1 amide bonds. The van der Waals surface area contributed by atoms with Gasteiger partial charge in [-0.2, -0.15) is 10.1 Å². The van der Waals surface area contributed by atoms with E-state index in [4.69, 9.17) is 4.74 Å². The summed E-state index contributed by atoms with van der Waals surface area (Å²) in [4.78, 5) is 17.5. The Hall–Kier alpha value is -3.61. The highest BCUT2D eigenvalue weighted by molar-refractivity contribution is 6.06. The summed E-state index contributed by atoms with van der Waals surface area (Å²) in [5, 5.41) is 10.5. The first-order valence-electron chi connectivity index (χ1n) is 10.1. The van der Waals surface area contributed by atoms with Crippen molar-refractivity contribution in [2.75, 3.05) is 17.2 Å². The lowest BCUT2D eigenvalue weighted by Crippen LogP contribution is -2.31. The topological polar surface area (TPSA) is 81.1 Å². The summed E-state index contributed by atoms with van der Waals surface area (Å²) in [6.07, 6.45) is 3.60. The van der Waals surface area contributed by atoms with Crippen LogP contribution in [-0.4, -0.2) is 27.3 Å². The van der Waals surface area contributed by atoms with E-state index in [1.807, 2.05) is 61.5 Å². The maximum absolute atomic E-state index is 13.2. The molecule has 0 aliphatic carbocycles. The van der Waals surface area contributed by atoms with Gasteiger partial charge in [-0.25, -0.2) is 4.68 Å². The summed E-state index contributed by atoms with van der Waals surface area (Å²) in [6, 6.07) is 16.9. The molecule has 1 atom stereocenters. The fourth-order valence-corrected chi connectivity index (χ4v) is 3.49. The van der Waals surface area contributed by atoms with E-state index in [9.17, 15) is 4.79 Å². The van der Waals surface area contributed by atoms with Crippen LogP contribution in [-0.2, 0) is 4.79 Å². The minimum atomic E-state index is -0.392. The molecule has 0 bridgehead atoms. The maximum atomic E-state index is 13.2. The molecule has 7 heteroatoms. The van der Waals surface area contributed by atoms with Gasteiger partial charge < -0.3 is 15.4 Å². The number of amides is 1. The van der Waals surface area contributed by atoms with Crippen LogP contribution in [0.25, 0.3) is 0 Å². The summed E-state index contributed by atoms with van der Waals surface area (Å²) < 4.78 is 7.52. The predicted octanol–water partition coefficient (Wildman–Crippen LogP) is 4.38. The number of aromatic nitrogens is 3. The quantitative estimate of drug-likeness (QED) is 0.572. The molecule has 1 aliphatic heterocycles. The smallest absolute Gasteiger partial charge is 0.255 e. The minimum absolute atomic E-state index is 0.180. The molecule has 0 fully saturated rings. The Bertz CT molecular complexity index is 1040. The van der Waals surface area contributed by atoms with Crippen molar-refractivity contribution in [2.45, 2.75) is 32.7 Å². The van der Waals surface area contributed by atoms with Gasteiger partial charge in [0.15, 0.2) is 0 Å².